The van der Waals surface area contributed by atoms with Gasteiger partial charge in [-0.05, 0) is 19.8 Å². The topological polar surface area (TPSA) is 50.1 Å². The molecule has 0 fully saturated rings. The fraction of sp³-hybridized carbons (Fsp3) is 0.800. The molecule has 0 aliphatic rings. The molecule has 0 rings (SSSR count). The van der Waals surface area contributed by atoms with Crippen LogP contribution in [0.4, 0.5) is 0 Å². The second-order valence-corrected chi connectivity index (χ2v) is 3.34. The van der Waals surface area contributed by atoms with Gasteiger partial charge in [0.1, 0.15) is 0 Å². The van der Waals surface area contributed by atoms with E-state index in [4.69, 9.17) is 10.00 Å². The van der Waals surface area contributed by atoms with Crippen LogP contribution < -0.4 is 0 Å². The Bertz CT molecular complexity index is 219. The SMILES string of the molecule is CCOC(=O)[C@](C)(C#N)[C@@H](C)CC. The molecular formula is C10H17NO2. The van der Waals surface area contributed by atoms with Crippen LogP contribution in [0.2, 0.25) is 0 Å². The van der Waals surface area contributed by atoms with Crippen LogP contribution in [0.15, 0.2) is 0 Å². The summed E-state index contributed by atoms with van der Waals surface area (Å²) in [6, 6.07) is 2.04. The average molecular weight is 183 g/mol. The molecule has 0 radical (unpaired) electrons. The molecule has 0 aliphatic heterocycles. The number of carbonyl (C=O) groups is 1. The lowest BCUT2D eigenvalue weighted by Crippen LogP contribution is -2.34. The summed E-state index contributed by atoms with van der Waals surface area (Å²) in [4.78, 5) is 11.5. The van der Waals surface area contributed by atoms with Crippen molar-refractivity contribution < 1.29 is 9.53 Å². The Hall–Kier alpha value is -1.04. The second kappa shape index (κ2) is 4.86. The largest absolute Gasteiger partial charge is 0.465 e. The van der Waals surface area contributed by atoms with Gasteiger partial charge < -0.3 is 4.74 Å². The summed E-state index contributed by atoms with van der Waals surface area (Å²) in [5.74, 6) is -0.386. The van der Waals surface area contributed by atoms with Crippen LogP contribution in [0.25, 0.3) is 0 Å². The van der Waals surface area contributed by atoms with Crippen molar-refractivity contribution in [2.75, 3.05) is 6.61 Å². The molecule has 0 N–H and O–H groups in total. The molecule has 74 valence electrons. The summed E-state index contributed by atoms with van der Waals surface area (Å²) >= 11 is 0. The van der Waals surface area contributed by atoms with Gasteiger partial charge in [-0.2, -0.15) is 5.26 Å². The maximum Gasteiger partial charge on any atom is 0.326 e. The molecule has 0 aromatic carbocycles. The van der Waals surface area contributed by atoms with E-state index in [0.717, 1.165) is 6.42 Å². The predicted octanol–water partition coefficient (Wildman–Crippen LogP) is 2.13. The molecule has 0 bridgehead atoms. The number of nitrogens with zero attached hydrogens (tertiary/aromatic N) is 1. The lowest BCUT2D eigenvalue weighted by Gasteiger charge is -2.25. The van der Waals surface area contributed by atoms with E-state index in [0.29, 0.717) is 6.61 Å². The van der Waals surface area contributed by atoms with E-state index in [1.807, 2.05) is 19.9 Å². The van der Waals surface area contributed by atoms with Gasteiger partial charge >= 0.3 is 5.97 Å². The number of rotatable bonds is 4. The van der Waals surface area contributed by atoms with Crippen LogP contribution in [-0.4, -0.2) is 12.6 Å². The molecular weight excluding hydrogens is 166 g/mol. The predicted molar refractivity (Wildman–Crippen MR) is 49.8 cm³/mol. The van der Waals surface area contributed by atoms with Gasteiger partial charge in [-0.3, -0.25) is 4.79 Å². The van der Waals surface area contributed by atoms with Crippen molar-refractivity contribution in [3.63, 3.8) is 0 Å². The van der Waals surface area contributed by atoms with Crippen LogP contribution >= 0.6 is 0 Å². The van der Waals surface area contributed by atoms with Gasteiger partial charge in [0.2, 0.25) is 0 Å². The van der Waals surface area contributed by atoms with Gasteiger partial charge in [-0.25, -0.2) is 0 Å². The van der Waals surface area contributed by atoms with E-state index >= 15 is 0 Å². The van der Waals surface area contributed by atoms with E-state index in [2.05, 4.69) is 0 Å². The molecule has 0 aliphatic carbocycles. The summed E-state index contributed by atoms with van der Waals surface area (Å²) in [5.41, 5.74) is -0.995. The molecule has 0 spiro atoms. The molecule has 0 amide bonds. The Balaban J connectivity index is 4.64. The Labute approximate surface area is 79.7 Å². The van der Waals surface area contributed by atoms with Crippen molar-refractivity contribution in [2.24, 2.45) is 11.3 Å². The minimum atomic E-state index is -0.995. The summed E-state index contributed by atoms with van der Waals surface area (Å²) in [7, 11) is 0. The zero-order valence-electron chi connectivity index (χ0n) is 8.76. The van der Waals surface area contributed by atoms with Crippen molar-refractivity contribution in [3.05, 3.63) is 0 Å². The molecule has 0 heterocycles. The van der Waals surface area contributed by atoms with Crippen molar-refractivity contribution in [1.82, 2.24) is 0 Å². The molecule has 0 unspecified atom stereocenters. The molecule has 0 aromatic heterocycles. The number of esters is 1. The summed E-state index contributed by atoms with van der Waals surface area (Å²) in [5, 5.41) is 8.93. The summed E-state index contributed by atoms with van der Waals surface area (Å²) in [6.07, 6.45) is 0.795. The van der Waals surface area contributed by atoms with Crippen molar-refractivity contribution >= 4 is 5.97 Å². The fourth-order valence-corrected chi connectivity index (χ4v) is 1.05. The molecule has 0 saturated heterocycles. The third-order valence-electron chi connectivity index (χ3n) is 2.53. The third-order valence-corrected chi connectivity index (χ3v) is 2.53. The minimum absolute atomic E-state index is 0.0246. The quantitative estimate of drug-likeness (QED) is 0.627. The summed E-state index contributed by atoms with van der Waals surface area (Å²) in [6.45, 7) is 7.55. The monoisotopic (exact) mass is 183 g/mol. The van der Waals surface area contributed by atoms with Crippen LogP contribution in [0.3, 0.4) is 0 Å². The number of hydrogen-bond acceptors (Lipinski definition) is 3. The fourth-order valence-electron chi connectivity index (χ4n) is 1.05. The first-order valence-electron chi connectivity index (χ1n) is 4.61. The first-order valence-corrected chi connectivity index (χ1v) is 4.61. The Kier molecular flexibility index (Phi) is 4.47. The highest BCUT2D eigenvalue weighted by Crippen LogP contribution is 2.30. The maximum absolute atomic E-state index is 11.5. The van der Waals surface area contributed by atoms with Gasteiger partial charge in [-0.1, -0.05) is 20.3 Å². The second-order valence-electron chi connectivity index (χ2n) is 3.34. The summed E-state index contributed by atoms with van der Waals surface area (Å²) < 4.78 is 4.86. The minimum Gasteiger partial charge on any atom is -0.465 e. The molecule has 13 heavy (non-hydrogen) atoms. The van der Waals surface area contributed by atoms with Gasteiger partial charge in [0.15, 0.2) is 5.41 Å². The smallest absolute Gasteiger partial charge is 0.326 e. The highest BCUT2D eigenvalue weighted by atomic mass is 16.5. The number of ether oxygens (including phenoxy) is 1. The first kappa shape index (κ1) is 12.0. The van der Waals surface area contributed by atoms with Crippen molar-refractivity contribution in [1.29, 1.82) is 5.26 Å². The van der Waals surface area contributed by atoms with E-state index < -0.39 is 11.4 Å². The number of carbonyl (C=O) groups excluding carboxylic acids is 1. The van der Waals surface area contributed by atoms with Crippen LogP contribution in [0, 0.1) is 22.7 Å². The molecule has 0 aromatic rings. The van der Waals surface area contributed by atoms with Gasteiger partial charge in [0.25, 0.3) is 0 Å². The zero-order chi connectivity index (χ0) is 10.5. The van der Waals surface area contributed by atoms with E-state index in [1.165, 1.54) is 0 Å². The van der Waals surface area contributed by atoms with Gasteiger partial charge in [0, 0.05) is 0 Å². The van der Waals surface area contributed by atoms with Crippen LogP contribution in [0.1, 0.15) is 34.1 Å². The van der Waals surface area contributed by atoms with Gasteiger partial charge in [0.05, 0.1) is 12.7 Å². The Morgan fingerprint density at radius 1 is 1.62 bits per heavy atom. The normalized spacial score (nSPS) is 16.8. The van der Waals surface area contributed by atoms with E-state index in [-0.39, 0.29) is 5.92 Å². The maximum atomic E-state index is 11.5. The van der Waals surface area contributed by atoms with Gasteiger partial charge in [-0.15, -0.1) is 0 Å². The van der Waals surface area contributed by atoms with Crippen molar-refractivity contribution in [3.8, 4) is 6.07 Å². The standard InChI is InChI=1S/C10H17NO2/c1-5-8(3)10(4,7-11)9(12)13-6-2/h8H,5-6H2,1-4H3/t8-,10+/m0/s1. The number of hydrogen-bond donors (Lipinski definition) is 0. The molecule has 0 saturated carbocycles. The first-order chi connectivity index (χ1) is 6.02. The lowest BCUT2D eigenvalue weighted by molar-refractivity contribution is -0.153. The molecule has 3 heteroatoms. The highest BCUT2D eigenvalue weighted by Gasteiger charge is 2.39. The van der Waals surface area contributed by atoms with E-state index in [9.17, 15) is 4.79 Å². The van der Waals surface area contributed by atoms with Crippen molar-refractivity contribution in [2.45, 2.75) is 34.1 Å². The molecule has 3 nitrogen and oxygen atoms in total. The third kappa shape index (κ3) is 2.45. The Morgan fingerprint density at radius 3 is 2.46 bits per heavy atom. The highest BCUT2D eigenvalue weighted by molar-refractivity contribution is 5.79. The molecule has 2 atom stereocenters. The van der Waals surface area contributed by atoms with Crippen LogP contribution in [0.5, 0.6) is 0 Å². The Morgan fingerprint density at radius 2 is 2.15 bits per heavy atom. The van der Waals surface area contributed by atoms with Crippen LogP contribution in [-0.2, 0) is 9.53 Å². The average Bonchev–Trinajstić information content (AvgIpc) is 2.15. The zero-order valence-corrected chi connectivity index (χ0v) is 8.76. The lowest BCUT2D eigenvalue weighted by atomic mass is 9.78. The number of nitriles is 1. The van der Waals surface area contributed by atoms with E-state index in [1.54, 1.807) is 13.8 Å².